The van der Waals surface area contributed by atoms with Gasteiger partial charge in [0.05, 0.1) is 4.90 Å². The van der Waals surface area contributed by atoms with Crippen molar-refractivity contribution < 1.29 is 8.42 Å². The van der Waals surface area contributed by atoms with Gasteiger partial charge in [-0.2, -0.15) is 4.31 Å². The Morgan fingerprint density at radius 2 is 1.65 bits per heavy atom. The SMILES string of the molecule is CCc1ccc(S(=O)(=O)N2CCCCC2)cc1. The molecule has 1 aliphatic heterocycles. The summed E-state index contributed by atoms with van der Waals surface area (Å²) < 4.78 is 26.2. The molecule has 1 fully saturated rings. The minimum absolute atomic E-state index is 0.427. The van der Waals surface area contributed by atoms with Crippen molar-refractivity contribution in [1.29, 1.82) is 0 Å². The fraction of sp³-hybridized carbons (Fsp3) is 0.538. The van der Waals surface area contributed by atoms with Crippen molar-refractivity contribution in [3.8, 4) is 0 Å². The molecule has 2 rings (SSSR count). The van der Waals surface area contributed by atoms with Crippen LogP contribution in [0.5, 0.6) is 0 Å². The van der Waals surface area contributed by atoms with Crippen LogP contribution in [-0.2, 0) is 16.4 Å². The Hall–Kier alpha value is -0.870. The van der Waals surface area contributed by atoms with Crippen LogP contribution < -0.4 is 0 Å². The summed E-state index contributed by atoms with van der Waals surface area (Å²) in [5.74, 6) is 0. The molecule has 0 N–H and O–H groups in total. The van der Waals surface area contributed by atoms with Gasteiger partial charge in [0.2, 0.25) is 10.0 Å². The van der Waals surface area contributed by atoms with Crippen molar-refractivity contribution in [1.82, 2.24) is 4.31 Å². The summed E-state index contributed by atoms with van der Waals surface area (Å²) in [4.78, 5) is 0.427. The highest BCUT2D eigenvalue weighted by Crippen LogP contribution is 2.20. The third-order valence-electron chi connectivity index (χ3n) is 3.28. The number of piperidine rings is 1. The predicted molar refractivity (Wildman–Crippen MR) is 68.4 cm³/mol. The second-order valence-electron chi connectivity index (χ2n) is 4.46. The first-order chi connectivity index (χ1) is 8.14. The second kappa shape index (κ2) is 5.19. The zero-order valence-electron chi connectivity index (χ0n) is 10.2. The molecular weight excluding hydrogens is 234 g/mol. The van der Waals surface area contributed by atoms with E-state index < -0.39 is 10.0 Å². The van der Waals surface area contributed by atoms with E-state index in [1.807, 2.05) is 12.1 Å². The highest BCUT2D eigenvalue weighted by atomic mass is 32.2. The van der Waals surface area contributed by atoms with Crippen LogP contribution in [-0.4, -0.2) is 25.8 Å². The summed E-state index contributed by atoms with van der Waals surface area (Å²) in [6, 6.07) is 7.25. The lowest BCUT2D eigenvalue weighted by Crippen LogP contribution is -2.35. The Balaban J connectivity index is 2.23. The topological polar surface area (TPSA) is 37.4 Å². The largest absolute Gasteiger partial charge is 0.243 e. The lowest BCUT2D eigenvalue weighted by molar-refractivity contribution is 0.346. The smallest absolute Gasteiger partial charge is 0.207 e. The molecule has 1 aromatic carbocycles. The first-order valence-electron chi connectivity index (χ1n) is 6.23. The van der Waals surface area contributed by atoms with Crippen LogP contribution >= 0.6 is 0 Å². The van der Waals surface area contributed by atoms with Crippen LogP contribution in [0.25, 0.3) is 0 Å². The van der Waals surface area contributed by atoms with E-state index in [9.17, 15) is 8.42 Å². The summed E-state index contributed by atoms with van der Waals surface area (Å²) in [5, 5.41) is 0. The Bertz CT molecular complexity index is 459. The molecule has 1 saturated heterocycles. The average Bonchev–Trinajstić information content (AvgIpc) is 2.40. The quantitative estimate of drug-likeness (QED) is 0.829. The van der Waals surface area contributed by atoms with Crippen molar-refractivity contribution in [2.75, 3.05) is 13.1 Å². The highest BCUT2D eigenvalue weighted by Gasteiger charge is 2.25. The number of sulfonamides is 1. The van der Waals surface area contributed by atoms with Crippen LogP contribution in [0.1, 0.15) is 31.7 Å². The monoisotopic (exact) mass is 253 g/mol. The average molecular weight is 253 g/mol. The zero-order chi connectivity index (χ0) is 12.3. The number of hydrogen-bond donors (Lipinski definition) is 0. The van der Waals surface area contributed by atoms with E-state index >= 15 is 0 Å². The second-order valence-corrected chi connectivity index (χ2v) is 6.40. The van der Waals surface area contributed by atoms with E-state index in [1.54, 1.807) is 16.4 Å². The van der Waals surface area contributed by atoms with Crippen molar-refractivity contribution in [2.45, 2.75) is 37.5 Å². The van der Waals surface area contributed by atoms with Crippen LogP contribution in [0.2, 0.25) is 0 Å². The summed E-state index contributed by atoms with van der Waals surface area (Å²) >= 11 is 0. The fourth-order valence-corrected chi connectivity index (χ4v) is 3.67. The van der Waals surface area contributed by atoms with Crippen molar-refractivity contribution in [3.63, 3.8) is 0 Å². The Labute approximate surface area is 104 Å². The Morgan fingerprint density at radius 1 is 1.06 bits per heavy atom. The van der Waals surface area contributed by atoms with E-state index in [4.69, 9.17) is 0 Å². The lowest BCUT2D eigenvalue weighted by Gasteiger charge is -2.25. The van der Waals surface area contributed by atoms with Gasteiger partial charge >= 0.3 is 0 Å². The number of benzene rings is 1. The van der Waals surface area contributed by atoms with Crippen molar-refractivity contribution in [2.24, 2.45) is 0 Å². The molecule has 0 radical (unpaired) electrons. The predicted octanol–water partition coefficient (Wildman–Crippen LogP) is 2.42. The molecule has 1 heterocycles. The van der Waals surface area contributed by atoms with Gasteiger partial charge in [0, 0.05) is 13.1 Å². The van der Waals surface area contributed by atoms with Crippen LogP contribution in [0.4, 0.5) is 0 Å². The molecule has 17 heavy (non-hydrogen) atoms. The van der Waals surface area contributed by atoms with Gasteiger partial charge in [0.15, 0.2) is 0 Å². The maximum Gasteiger partial charge on any atom is 0.243 e. The van der Waals surface area contributed by atoms with E-state index in [1.165, 1.54) is 5.56 Å². The molecule has 0 unspecified atom stereocenters. The van der Waals surface area contributed by atoms with E-state index in [2.05, 4.69) is 6.92 Å². The molecule has 3 nitrogen and oxygen atoms in total. The van der Waals surface area contributed by atoms with Gasteiger partial charge in [0.1, 0.15) is 0 Å². The maximum atomic E-state index is 12.3. The highest BCUT2D eigenvalue weighted by molar-refractivity contribution is 7.89. The molecule has 0 bridgehead atoms. The normalized spacial score (nSPS) is 18.2. The van der Waals surface area contributed by atoms with Crippen molar-refractivity contribution in [3.05, 3.63) is 29.8 Å². The number of nitrogens with zero attached hydrogens (tertiary/aromatic N) is 1. The summed E-state index contributed by atoms with van der Waals surface area (Å²) in [5.41, 5.74) is 1.17. The minimum Gasteiger partial charge on any atom is -0.207 e. The van der Waals surface area contributed by atoms with E-state index in [-0.39, 0.29) is 0 Å². The number of rotatable bonds is 3. The summed E-state index contributed by atoms with van der Waals surface area (Å²) in [6.07, 6.45) is 4.03. The standard InChI is InChI=1S/C13H19NO2S/c1-2-12-6-8-13(9-7-12)17(15,16)14-10-4-3-5-11-14/h6-9H,2-5,10-11H2,1H3. The van der Waals surface area contributed by atoms with Gasteiger partial charge in [0.25, 0.3) is 0 Å². The lowest BCUT2D eigenvalue weighted by atomic mass is 10.2. The van der Waals surface area contributed by atoms with E-state index in [0.29, 0.717) is 18.0 Å². The Kier molecular flexibility index (Phi) is 3.84. The molecule has 94 valence electrons. The first-order valence-corrected chi connectivity index (χ1v) is 7.67. The van der Waals surface area contributed by atoms with Gasteiger partial charge in [-0.1, -0.05) is 25.5 Å². The van der Waals surface area contributed by atoms with Gasteiger partial charge in [-0.25, -0.2) is 8.42 Å². The first kappa shape index (κ1) is 12.6. The molecular formula is C13H19NO2S. The molecule has 0 amide bonds. The van der Waals surface area contributed by atoms with Gasteiger partial charge in [-0.3, -0.25) is 0 Å². The van der Waals surface area contributed by atoms with Crippen LogP contribution in [0, 0.1) is 0 Å². The Morgan fingerprint density at radius 3 is 2.18 bits per heavy atom. The molecule has 0 atom stereocenters. The molecule has 1 aromatic rings. The zero-order valence-corrected chi connectivity index (χ0v) is 11.0. The maximum absolute atomic E-state index is 12.3. The molecule has 0 aliphatic carbocycles. The minimum atomic E-state index is -3.25. The summed E-state index contributed by atoms with van der Waals surface area (Å²) in [7, 11) is -3.25. The van der Waals surface area contributed by atoms with E-state index in [0.717, 1.165) is 25.7 Å². The number of hydrogen-bond acceptors (Lipinski definition) is 2. The van der Waals surface area contributed by atoms with Gasteiger partial charge < -0.3 is 0 Å². The van der Waals surface area contributed by atoms with Crippen molar-refractivity contribution >= 4 is 10.0 Å². The molecule has 1 aliphatic rings. The molecule has 0 saturated carbocycles. The number of aryl methyl sites for hydroxylation is 1. The molecule has 0 spiro atoms. The van der Waals surface area contributed by atoms with Crippen LogP contribution in [0.3, 0.4) is 0 Å². The van der Waals surface area contributed by atoms with Gasteiger partial charge in [-0.05, 0) is 37.0 Å². The summed E-state index contributed by atoms with van der Waals surface area (Å²) in [6.45, 7) is 3.39. The third kappa shape index (κ3) is 2.69. The molecule has 4 heteroatoms. The van der Waals surface area contributed by atoms with Crippen LogP contribution in [0.15, 0.2) is 29.2 Å². The van der Waals surface area contributed by atoms with Gasteiger partial charge in [-0.15, -0.1) is 0 Å². The molecule has 0 aromatic heterocycles. The third-order valence-corrected chi connectivity index (χ3v) is 5.20. The fourth-order valence-electron chi connectivity index (χ4n) is 2.15.